The van der Waals surface area contributed by atoms with Crippen molar-refractivity contribution in [2.45, 2.75) is 6.42 Å². The number of thiophene rings is 1. The van der Waals surface area contributed by atoms with Gasteiger partial charge in [0.25, 0.3) is 0 Å². The highest BCUT2D eigenvalue weighted by Gasteiger charge is 1.96. The zero-order valence-corrected chi connectivity index (χ0v) is 7.70. The van der Waals surface area contributed by atoms with Crippen LogP contribution in [0.15, 0.2) is 11.4 Å². The topological polar surface area (TPSA) is 23.8 Å². The van der Waals surface area contributed by atoms with Gasteiger partial charge in [-0.2, -0.15) is 5.26 Å². The van der Waals surface area contributed by atoms with E-state index in [4.69, 9.17) is 5.26 Å². The smallest absolute Gasteiger partial charge is 0.1000 e. The minimum Gasteiger partial charge on any atom is -0.192 e. The van der Waals surface area contributed by atoms with Crippen LogP contribution < -0.4 is 0 Å². The van der Waals surface area contributed by atoms with E-state index in [1.807, 2.05) is 11.4 Å². The van der Waals surface area contributed by atoms with Crippen molar-refractivity contribution in [1.82, 2.24) is 0 Å². The summed E-state index contributed by atoms with van der Waals surface area (Å²) >= 11 is 4.99. The molecule has 0 bridgehead atoms. The van der Waals surface area contributed by atoms with Gasteiger partial charge >= 0.3 is 0 Å². The van der Waals surface area contributed by atoms with Crippen molar-refractivity contribution >= 4 is 27.3 Å². The van der Waals surface area contributed by atoms with Gasteiger partial charge in [0.1, 0.15) is 0 Å². The molecule has 52 valence electrons. The Morgan fingerprint density at radius 3 is 3.00 bits per heavy atom. The summed E-state index contributed by atoms with van der Waals surface area (Å²) in [5, 5.41) is 11.3. The Kier molecular flexibility index (Phi) is 2.91. The van der Waals surface area contributed by atoms with Crippen molar-refractivity contribution in [3.05, 3.63) is 21.9 Å². The first-order valence-electron chi connectivity index (χ1n) is 2.90. The number of aryl methyl sites for hydroxylation is 1. The maximum Gasteiger partial charge on any atom is 0.1000 e. The second-order valence-corrected chi connectivity index (χ2v) is 3.64. The average Bonchev–Trinajstić information content (AvgIpc) is 2.37. The first kappa shape index (κ1) is 7.77. The maximum absolute atomic E-state index is 8.46. The summed E-state index contributed by atoms with van der Waals surface area (Å²) in [4.78, 5) is 1.27. The van der Waals surface area contributed by atoms with Crippen LogP contribution in [0.3, 0.4) is 0 Å². The lowest BCUT2D eigenvalue weighted by Gasteiger charge is -1.84. The van der Waals surface area contributed by atoms with Gasteiger partial charge in [0.2, 0.25) is 0 Å². The van der Waals surface area contributed by atoms with Gasteiger partial charge in [-0.25, -0.2) is 0 Å². The number of hydrogen-bond donors (Lipinski definition) is 0. The molecule has 0 N–H and O–H groups in total. The molecule has 0 aliphatic rings. The molecule has 1 rings (SSSR count). The van der Waals surface area contributed by atoms with E-state index in [0.717, 1.165) is 17.3 Å². The highest BCUT2D eigenvalue weighted by Crippen LogP contribution is 2.14. The van der Waals surface area contributed by atoms with Crippen molar-refractivity contribution in [3.8, 4) is 6.07 Å². The van der Waals surface area contributed by atoms with E-state index in [2.05, 4.69) is 22.0 Å². The van der Waals surface area contributed by atoms with E-state index in [0.29, 0.717) is 0 Å². The predicted octanol–water partition coefficient (Wildman–Crippen LogP) is 2.56. The van der Waals surface area contributed by atoms with Gasteiger partial charge in [-0.15, -0.1) is 11.3 Å². The van der Waals surface area contributed by atoms with Crippen LogP contribution in [0.5, 0.6) is 0 Å². The fraction of sp³-hybridized carbons (Fsp3) is 0.286. The van der Waals surface area contributed by atoms with Gasteiger partial charge in [-0.1, -0.05) is 15.9 Å². The SMILES string of the molecule is N#Cc1csc(CCBr)c1. The summed E-state index contributed by atoms with van der Waals surface area (Å²) in [5.41, 5.74) is 0.779. The van der Waals surface area contributed by atoms with Crippen molar-refractivity contribution in [1.29, 1.82) is 5.26 Å². The maximum atomic E-state index is 8.46. The van der Waals surface area contributed by atoms with E-state index >= 15 is 0 Å². The number of nitrogens with zero attached hydrogens (tertiary/aromatic N) is 1. The molecule has 1 nitrogen and oxygen atoms in total. The molecule has 1 aromatic heterocycles. The van der Waals surface area contributed by atoms with Crippen LogP contribution in [0.1, 0.15) is 10.4 Å². The zero-order valence-electron chi connectivity index (χ0n) is 5.30. The molecule has 0 aliphatic carbocycles. The van der Waals surface area contributed by atoms with Gasteiger partial charge in [0, 0.05) is 15.6 Å². The molecule has 0 saturated heterocycles. The third-order valence-corrected chi connectivity index (χ3v) is 2.52. The third kappa shape index (κ3) is 1.83. The molecule has 0 saturated carbocycles. The quantitative estimate of drug-likeness (QED) is 0.697. The molecule has 0 amide bonds. The Morgan fingerprint density at radius 2 is 2.50 bits per heavy atom. The number of hydrogen-bond acceptors (Lipinski definition) is 2. The Hall–Kier alpha value is -0.330. The summed E-state index contributed by atoms with van der Waals surface area (Å²) in [7, 11) is 0. The lowest BCUT2D eigenvalue weighted by Crippen LogP contribution is -1.77. The van der Waals surface area contributed by atoms with E-state index in [1.165, 1.54) is 4.88 Å². The highest BCUT2D eigenvalue weighted by molar-refractivity contribution is 9.09. The molecule has 0 atom stereocenters. The lowest BCUT2D eigenvalue weighted by molar-refractivity contribution is 1.22. The summed E-state index contributed by atoms with van der Waals surface area (Å²) in [5.74, 6) is 0. The molecule has 0 unspecified atom stereocenters. The Morgan fingerprint density at radius 1 is 1.70 bits per heavy atom. The summed E-state index contributed by atoms with van der Waals surface area (Å²) < 4.78 is 0. The zero-order chi connectivity index (χ0) is 7.40. The molecule has 0 radical (unpaired) electrons. The van der Waals surface area contributed by atoms with Crippen LogP contribution in [0, 0.1) is 11.3 Å². The summed E-state index contributed by atoms with van der Waals surface area (Å²) in [6.07, 6.45) is 1.02. The summed E-state index contributed by atoms with van der Waals surface area (Å²) in [6.45, 7) is 0. The molecule has 1 heterocycles. The highest BCUT2D eigenvalue weighted by atomic mass is 79.9. The molecule has 1 aromatic rings. The first-order chi connectivity index (χ1) is 4.86. The van der Waals surface area contributed by atoms with E-state index in [9.17, 15) is 0 Å². The summed E-state index contributed by atoms with van der Waals surface area (Å²) in [6, 6.07) is 4.04. The van der Waals surface area contributed by atoms with Gasteiger partial charge in [-0.3, -0.25) is 0 Å². The van der Waals surface area contributed by atoms with Crippen molar-refractivity contribution in [2.24, 2.45) is 0 Å². The van der Waals surface area contributed by atoms with Crippen molar-refractivity contribution in [3.63, 3.8) is 0 Å². The van der Waals surface area contributed by atoms with Crippen LogP contribution in [-0.4, -0.2) is 5.33 Å². The van der Waals surface area contributed by atoms with E-state index in [1.54, 1.807) is 11.3 Å². The minimum absolute atomic E-state index is 0.779. The average molecular weight is 216 g/mol. The second-order valence-electron chi connectivity index (χ2n) is 1.85. The number of nitriles is 1. The Labute approximate surface area is 72.4 Å². The predicted molar refractivity (Wildman–Crippen MR) is 46.5 cm³/mol. The Bertz CT molecular complexity index is 248. The number of rotatable bonds is 2. The van der Waals surface area contributed by atoms with Crippen LogP contribution in [0.2, 0.25) is 0 Å². The number of alkyl halides is 1. The molecule has 0 spiro atoms. The molecular weight excluding hydrogens is 210 g/mol. The van der Waals surface area contributed by atoms with Gasteiger partial charge in [0.05, 0.1) is 11.6 Å². The second kappa shape index (κ2) is 3.75. The van der Waals surface area contributed by atoms with Gasteiger partial charge in [-0.05, 0) is 12.5 Å². The van der Waals surface area contributed by atoms with Crippen LogP contribution in [0.4, 0.5) is 0 Å². The van der Waals surface area contributed by atoms with Gasteiger partial charge < -0.3 is 0 Å². The largest absolute Gasteiger partial charge is 0.192 e. The lowest BCUT2D eigenvalue weighted by atomic mass is 10.3. The molecule has 10 heavy (non-hydrogen) atoms. The molecular formula is C7H6BrNS. The van der Waals surface area contributed by atoms with Crippen molar-refractivity contribution in [2.75, 3.05) is 5.33 Å². The van der Waals surface area contributed by atoms with Crippen LogP contribution >= 0.6 is 27.3 Å². The molecule has 0 fully saturated rings. The fourth-order valence-corrected chi connectivity index (χ4v) is 2.17. The molecule has 3 heteroatoms. The van der Waals surface area contributed by atoms with Crippen LogP contribution in [-0.2, 0) is 6.42 Å². The van der Waals surface area contributed by atoms with Crippen molar-refractivity contribution < 1.29 is 0 Å². The van der Waals surface area contributed by atoms with E-state index < -0.39 is 0 Å². The minimum atomic E-state index is 0.779. The molecule has 0 aromatic carbocycles. The monoisotopic (exact) mass is 215 g/mol. The number of halogens is 1. The van der Waals surface area contributed by atoms with Gasteiger partial charge in [0.15, 0.2) is 0 Å². The standard InChI is InChI=1S/C7H6BrNS/c8-2-1-7-3-6(4-9)5-10-7/h3,5H,1-2H2. The molecule has 0 aliphatic heterocycles. The van der Waals surface area contributed by atoms with E-state index in [-0.39, 0.29) is 0 Å². The fourth-order valence-electron chi connectivity index (χ4n) is 0.664. The Balaban J connectivity index is 2.71. The van der Waals surface area contributed by atoms with Crippen LogP contribution in [0.25, 0.3) is 0 Å². The first-order valence-corrected chi connectivity index (χ1v) is 4.90. The third-order valence-electron chi connectivity index (χ3n) is 1.12. The normalized spacial score (nSPS) is 9.20.